The maximum atomic E-state index is 12.9. The lowest BCUT2D eigenvalue weighted by Crippen LogP contribution is -2.56. The zero-order valence-corrected chi connectivity index (χ0v) is 52.3. The van der Waals surface area contributed by atoms with Gasteiger partial charge in [0.25, 0.3) is 17.7 Å². The summed E-state index contributed by atoms with van der Waals surface area (Å²) in [6.45, 7) is 13.1. The largest absolute Gasteiger partial charge is 0.397 e. The van der Waals surface area contributed by atoms with Gasteiger partial charge in [0.2, 0.25) is 5.78 Å². The molecule has 0 spiro atoms. The summed E-state index contributed by atoms with van der Waals surface area (Å²) in [5.74, 6) is 3.42. The molecule has 0 unspecified atom stereocenters. The Bertz CT molecular complexity index is 3760. The number of hydrogen-bond donors (Lipinski definition) is 8. The standard InChI is InChI=1S/2C22H22N4O2.C12H11NOS.C11H15N3O.C2H6O.2CH4/c2*1-13-8-9-16(22(28)24-17-10-11-17)12-18(13)26-21(23)19(14(2)25-26)20(27)15-6-4-3-5-7-15;1-9(15-2)11(8-13)12(14)10-6-4-3-5-7-10;1-7-2-3-8(6-10(7)14-12)11(15)13-9-4-5-9;1-2-3;;/h2*3-9,12,17H,10-11,23H2,1-2H3,(H,24,28);3-7H,1-2H3;2-3,6,9,14H,4-5,12H2,1H3,(H,13,15);3H,2H2,1H3;2*1H4/p+1/b;;11-9+;;;;. The van der Waals surface area contributed by atoms with Gasteiger partial charge in [-0.25, -0.2) is 14.8 Å². The normalized spacial score (nSPS) is 12.8. The number of anilines is 3. The number of aryl methyl sites for hydroxylation is 5. The number of hydrogen-bond acceptors (Lipinski definition) is 14. The number of aliphatic hydroxyl groups is 1. The number of nitrogen functional groups attached to an aromatic ring is 2. The molecule has 0 saturated heterocycles. The Morgan fingerprint density at radius 1 is 0.560 bits per heavy atom. The highest BCUT2D eigenvalue weighted by Crippen LogP contribution is 2.30. The Morgan fingerprint density at radius 2 is 0.890 bits per heavy atom. The lowest BCUT2D eigenvalue weighted by atomic mass is 10.0. The zero-order valence-electron chi connectivity index (χ0n) is 51.4. The minimum atomic E-state index is -0.204. The van der Waals surface area contributed by atoms with E-state index in [0.717, 1.165) is 65.8 Å². The number of nitrogens with zero attached hydrogens (tertiary/aromatic N) is 5. The average molecular weight is 1250 g/mol. The van der Waals surface area contributed by atoms with Crippen LogP contribution in [0.5, 0.6) is 0 Å². The van der Waals surface area contributed by atoms with Crippen molar-refractivity contribution in [1.82, 2.24) is 35.5 Å². The molecule has 91 heavy (non-hydrogen) atoms. The second kappa shape index (κ2) is 33.6. The van der Waals surface area contributed by atoms with Crippen LogP contribution >= 0.6 is 11.8 Å². The predicted octanol–water partition coefficient (Wildman–Crippen LogP) is 11.1. The highest BCUT2D eigenvalue weighted by atomic mass is 32.2. The summed E-state index contributed by atoms with van der Waals surface area (Å²) in [6, 6.07) is 46.2. The fraction of sp³-hybridized carbons (Fsp3) is 0.282. The Kier molecular flexibility index (Phi) is 26.5. The van der Waals surface area contributed by atoms with Gasteiger partial charge in [0.05, 0.1) is 39.6 Å². The van der Waals surface area contributed by atoms with Crippen molar-refractivity contribution in [2.45, 2.75) is 120 Å². The molecule has 0 bridgehead atoms. The van der Waals surface area contributed by atoms with Crippen LogP contribution in [0.3, 0.4) is 0 Å². The first-order valence-electron chi connectivity index (χ1n) is 29.3. The van der Waals surface area contributed by atoms with Gasteiger partial charge in [-0.2, -0.15) is 15.5 Å². The van der Waals surface area contributed by atoms with Gasteiger partial charge in [-0.3, -0.25) is 34.6 Å². The molecule has 0 aliphatic heterocycles. The molecule has 6 aromatic carbocycles. The van der Waals surface area contributed by atoms with Crippen LogP contribution in [0.15, 0.2) is 156 Å². The minimum Gasteiger partial charge on any atom is -0.397 e. The van der Waals surface area contributed by atoms with Gasteiger partial charge in [-0.1, -0.05) is 124 Å². The number of nitriles is 1. The third kappa shape index (κ3) is 19.0. The molecule has 20 heteroatoms. The van der Waals surface area contributed by atoms with Crippen molar-refractivity contribution < 1.29 is 39.7 Å². The number of thioether (sulfide) groups is 1. The number of amides is 3. The Labute approximate surface area is 537 Å². The monoisotopic (exact) mass is 1250 g/mol. The number of quaternary nitrogens is 1. The molecule has 0 atom stereocenters. The lowest BCUT2D eigenvalue weighted by Gasteiger charge is -2.11. The Morgan fingerprint density at radius 3 is 1.21 bits per heavy atom. The first kappa shape index (κ1) is 71.8. The summed E-state index contributed by atoms with van der Waals surface area (Å²) in [7, 11) is 0. The molecule has 11 rings (SSSR count). The maximum Gasteiger partial charge on any atom is 0.251 e. The number of aromatic nitrogens is 4. The van der Waals surface area contributed by atoms with Crippen molar-refractivity contribution in [1.29, 1.82) is 5.26 Å². The molecule has 19 nitrogen and oxygen atoms in total. The van der Waals surface area contributed by atoms with Crippen molar-refractivity contribution in [2.24, 2.45) is 0 Å². The van der Waals surface area contributed by atoms with E-state index in [1.807, 2.05) is 106 Å². The van der Waals surface area contributed by atoms with E-state index in [-0.39, 0.29) is 85.8 Å². The van der Waals surface area contributed by atoms with Gasteiger partial charge in [0.15, 0.2) is 11.6 Å². The summed E-state index contributed by atoms with van der Waals surface area (Å²) in [4.78, 5) is 75.0. The fourth-order valence-corrected chi connectivity index (χ4v) is 9.35. The minimum absolute atomic E-state index is 0. The molecule has 0 radical (unpaired) electrons. The van der Waals surface area contributed by atoms with Crippen LogP contribution < -0.4 is 38.7 Å². The number of nitrogens with one attached hydrogen (secondary N) is 4. The number of nitrogens with two attached hydrogens (primary N) is 2. The van der Waals surface area contributed by atoms with E-state index >= 15 is 0 Å². The first-order valence-corrected chi connectivity index (χ1v) is 30.5. The highest BCUT2D eigenvalue weighted by Gasteiger charge is 2.28. The van der Waals surface area contributed by atoms with Crippen LogP contribution in [-0.2, 0) is 0 Å². The van der Waals surface area contributed by atoms with Crippen LogP contribution in [0.2, 0.25) is 0 Å². The van der Waals surface area contributed by atoms with Gasteiger partial charge in [0, 0.05) is 63.0 Å². The smallest absolute Gasteiger partial charge is 0.251 e. The van der Waals surface area contributed by atoms with Gasteiger partial charge < -0.3 is 32.5 Å². The molecule has 3 aliphatic carbocycles. The number of aliphatic hydroxyl groups excluding tert-OH is 1. The third-order valence-corrected chi connectivity index (χ3v) is 15.4. The first-order chi connectivity index (χ1) is 42.7. The molecular formula is C71H85N12O7S+. The number of Topliss-reactive ketones (excluding diaryl/α,β-unsaturated/α-hetero) is 1. The van der Waals surface area contributed by atoms with Crippen molar-refractivity contribution in [3.05, 3.63) is 229 Å². The summed E-state index contributed by atoms with van der Waals surface area (Å²) in [6.07, 6.45) is 8.18. The second-order valence-corrected chi connectivity index (χ2v) is 22.6. The zero-order chi connectivity index (χ0) is 64.5. The number of rotatable bonds is 16. The molecule has 2 heterocycles. The summed E-state index contributed by atoms with van der Waals surface area (Å²) in [5, 5.41) is 34.4. The van der Waals surface area contributed by atoms with E-state index in [9.17, 15) is 28.8 Å². The predicted molar refractivity (Wildman–Crippen MR) is 363 cm³/mol. The maximum absolute atomic E-state index is 12.9. The summed E-state index contributed by atoms with van der Waals surface area (Å²) < 4.78 is 3.10. The van der Waals surface area contributed by atoms with Crippen LogP contribution in [-0.4, -0.2) is 90.7 Å². The lowest BCUT2D eigenvalue weighted by molar-refractivity contribution is -0.325. The average Bonchev–Trinajstić information content (AvgIpc) is 1.67. The number of ketones is 3. The molecule has 3 amide bonds. The number of benzene rings is 6. The van der Waals surface area contributed by atoms with Crippen LogP contribution in [0.4, 0.5) is 17.3 Å². The summed E-state index contributed by atoms with van der Waals surface area (Å²) in [5.41, 5.74) is 26.3. The van der Waals surface area contributed by atoms with Crippen molar-refractivity contribution in [3.8, 4) is 17.4 Å². The molecule has 476 valence electrons. The van der Waals surface area contributed by atoms with Gasteiger partial charge in [0.1, 0.15) is 23.3 Å². The molecule has 2 aromatic heterocycles. The fourth-order valence-electron chi connectivity index (χ4n) is 9.01. The van der Waals surface area contributed by atoms with Crippen molar-refractivity contribution >= 4 is 64.2 Å². The molecule has 8 aromatic rings. The van der Waals surface area contributed by atoms with E-state index in [1.54, 1.807) is 110 Å². The van der Waals surface area contributed by atoms with E-state index in [4.69, 9.17) is 21.8 Å². The second-order valence-electron chi connectivity index (χ2n) is 21.6. The van der Waals surface area contributed by atoms with E-state index in [1.165, 1.54) is 11.8 Å². The van der Waals surface area contributed by atoms with Crippen LogP contribution in [0.1, 0.15) is 169 Å². The van der Waals surface area contributed by atoms with Crippen molar-refractivity contribution in [2.75, 3.05) is 29.8 Å². The number of carbonyl (C=O) groups excluding carboxylic acids is 6. The van der Waals surface area contributed by atoms with Crippen LogP contribution in [0.25, 0.3) is 11.4 Å². The van der Waals surface area contributed by atoms with Crippen LogP contribution in [0, 0.1) is 45.9 Å². The molecule has 3 aliphatic rings. The SMILES string of the molecule is C.C.CCO.CS/C(C)=C(\C#N)C(=O)c1ccccc1.Cc1ccc(C(=O)NC2CC2)cc1-n1nc(C)c(C(=O)c2ccccc2)c1N.Cc1ccc(C(=O)NC2CC2)cc1-n1nc(C)c(C(=O)c2ccccc2)c1N.Cc1ccc(C(=O)NC2CC2)cc1N[NH3+]. The summed E-state index contributed by atoms with van der Waals surface area (Å²) >= 11 is 1.42. The van der Waals surface area contributed by atoms with Gasteiger partial charge >= 0.3 is 0 Å². The van der Waals surface area contributed by atoms with E-state index in [2.05, 4.69) is 37.4 Å². The van der Waals surface area contributed by atoms with Crippen molar-refractivity contribution in [3.63, 3.8) is 0 Å². The Balaban J connectivity index is 0.000000224. The number of carbonyl (C=O) groups is 6. The topological polar surface area (TPSA) is 310 Å². The van der Waals surface area contributed by atoms with Gasteiger partial charge in [-0.15, -0.1) is 11.8 Å². The molecule has 12 N–H and O–H groups in total. The van der Waals surface area contributed by atoms with E-state index in [0.29, 0.717) is 73.3 Å². The Hall–Kier alpha value is -9.94. The van der Waals surface area contributed by atoms with E-state index < -0.39 is 0 Å². The molecule has 3 saturated carbocycles. The molecular weight excluding hydrogens is 1160 g/mol. The highest BCUT2D eigenvalue weighted by molar-refractivity contribution is 8.02. The number of allylic oxidation sites excluding steroid dienone is 2. The van der Waals surface area contributed by atoms with Gasteiger partial charge in [-0.05, 0) is 146 Å². The quantitative estimate of drug-likeness (QED) is 0.0193. The third-order valence-electron chi connectivity index (χ3n) is 14.6. The molecule has 3 fully saturated rings.